The molecule has 2 fully saturated rings. The summed E-state index contributed by atoms with van der Waals surface area (Å²) in [5.41, 5.74) is 0. The lowest BCUT2D eigenvalue weighted by Gasteiger charge is -2.30. The third-order valence-electron chi connectivity index (χ3n) is 3.35. The molecule has 0 aromatic heterocycles. The number of aldehydes is 1. The second kappa shape index (κ2) is 4.75. The second-order valence-electron chi connectivity index (χ2n) is 4.43. The average Bonchev–Trinajstić information content (AvgIpc) is 2.66. The maximum atomic E-state index is 11.3. The number of nitrogens with zero attached hydrogens (tertiary/aromatic N) is 1. The smallest absolute Gasteiger partial charge is 0.310 e. The van der Waals surface area contributed by atoms with E-state index in [1.165, 1.54) is 0 Å². The summed E-state index contributed by atoms with van der Waals surface area (Å²) in [5.74, 6) is 0.252. The van der Waals surface area contributed by atoms with Crippen LogP contribution in [0, 0.1) is 11.8 Å². The summed E-state index contributed by atoms with van der Waals surface area (Å²) < 4.78 is 4.93. The molecule has 2 rings (SSSR count). The van der Waals surface area contributed by atoms with Crippen LogP contribution in [0.2, 0.25) is 0 Å². The Morgan fingerprint density at radius 1 is 1.33 bits per heavy atom. The van der Waals surface area contributed by atoms with E-state index in [-0.39, 0.29) is 17.8 Å². The number of hydrogen-bond acceptors (Lipinski definition) is 4. The molecule has 0 saturated carbocycles. The highest BCUT2D eigenvalue weighted by molar-refractivity contribution is 5.74. The molecule has 1 atom stereocenters. The SMILES string of the molecule is O=CC1CCN(CC2CCOC2=O)CC1. The molecule has 4 heteroatoms. The monoisotopic (exact) mass is 211 g/mol. The van der Waals surface area contributed by atoms with Crippen molar-refractivity contribution in [2.24, 2.45) is 11.8 Å². The fourth-order valence-corrected chi connectivity index (χ4v) is 2.29. The first kappa shape index (κ1) is 10.6. The summed E-state index contributed by atoms with van der Waals surface area (Å²) in [7, 11) is 0. The Labute approximate surface area is 89.6 Å². The highest BCUT2D eigenvalue weighted by Gasteiger charge is 2.29. The first-order chi connectivity index (χ1) is 7.29. The summed E-state index contributed by atoms with van der Waals surface area (Å²) in [5, 5.41) is 0. The predicted octanol–water partition coefficient (Wildman–Crippen LogP) is 0.460. The van der Waals surface area contributed by atoms with Crippen LogP contribution >= 0.6 is 0 Å². The van der Waals surface area contributed by atoms with Gasteiger partial charge in [-0.2, -0.15) is 0 Å². The fraction of sp³-hybridized carbons (Fsp3) is 0.818. The number of ether oxygens (including phenoxy) is 1. The second-order valence-corrected chi connectivity index (χ2v) is 4.43. The quantitative estimate of drug-likeness (QED) is 0.502. The maximum absolute atomic E-state index is 11.3. The molecule has 0 aliphatic carbocycles. The molecule has 84 valence electrons. The van der Waals surface area contributed by atoms with Crippen molar-refractivity contribution in [1.82, 2.24) is 4.90 Å². The molecule has 0 bridgehead atoms. The number of piperidine rings is 1. The standard InChI is InChI=1S/C11H17NO3/c13-8-9-1-4-12(5-2-9)7-10-3-6-15-11(10)14/h8-10H,1-7H2. The van der Waals surface area contributed by atoms with Gasteiger partial charge in [-0.05, 0) is 32.4 Å². The molecule has 2 aliphatic rings. The third kappa shape index (κ3) is 2.56. The lowest BCUT2D eigenvalue weighted by Crippen LogP contribution is -2.38. The summed E-state index contributed by atoms with van der Waals surface area (Å²) in [4.78, 5) is 24.1. The van der Waals surface area contributed by atoms with Gasteiger partial charge in [-0.25, -0.2) is 0 Å². The van der Waals surface area contributed by atoms with E-state index < -0.39 is 0 Å². The molecular weight excluding hydrogens is 194 g/mol. The molecule has 15 heavy (non-hydrogen) atoms. The van der Waals surface area contributed by atoms with Crippen LogP contribution in [-0.4, -0.2) is 43.4 Å². The lowest BCUT2D eigenvalue weighted by molar-refractivity contribution is -0.141. The van der Waals surface area contributed by atoms with E-state index in [2.05, 4.69) is 4.90 Å². The molecule has 0 amide bonds. The summed E-state index contributed by atoms with van der Waals surface area (Å²) in [6.07, 6.45) is 3.78. The predicted molar refractivity (Wildman–Crippen MR) is 54.3 cm³/mol. The van der Waals surface area contributed by atoms with E-state index in [4.69, 9.17) is 4.74 Å². The Morgan fingerprint density at radius 2 is 2.07 bits per heavy atom. The van der Waals surface area contributed by atoms with Crippen LogP contribution in [0.5, 0.6) is 0 Å². The Hall–Kier alpha value is -0.900. The van der Waals surface area contributed by atoms with Crippen LogP contribution in [0.1, 0.15) is 19.3 Å². The summed E-state index contributed by atoms with van der Waals surface area (Å²) in [6.45, 7) is 3.26. The number of rotatable bonds is 3. The minimum absolute atomic E-state index is 0.0486. The third-order valence-corrected chi connectivity index (χ3v) is 3.35. The molecular formula is C11H17NO3. The zero-order chi connectivity index (χ0) is 10.7. The molecule has 2 heterocycles. The maximum Gasteiger partial charge on any atom is 0.310 e. The zero-order valence-corrected chi connectivity index (χ0v) is 8.85. The van der Waals surface area contributed by atoms with E-state index in [9.17, 15) is 9.59 Å². The van der Waals surface area contributed by atoms with Crippen LogP contribution in [0.4, 0.5) is 0 Å². The number of carbonyl (C=O) groups excluding carboxylic acids is 2. The van der Waals surface area contributed by atoms with Crippen molar-refractivity contribution in [2.45, 2.75) is 19.3 Å². The van der Waals surface area contributed by atoms with Crippen molar-refractivity contribution in [2.75, 3.05) is 26.2 Å². The van der Waals surface area contributed by atoms with Gasteiger partial charge < -0.3 is 14.4 Å². The van der Waals surface area contributed by atoms with E-state index in [0.29, 0.717) is 6.61 Å². The Kier molecular flexibility index (Phi) is 3.36. The van der Waals surface area contributed by atoms with Crippen molar-refractivity contribution in [1.29, 1.82) is 0 Å². The van der Waals surface area contributed by atoms with Crippen LogP contribution in [0.15, 0.2) is 0 Å². The van der Waals surface area contributed by atoms with Gasteiger partial charge in [-0.15, -0.1) is 0 Å². The van der Waals surface area contributed by atoms with Crippen LogP contribution in [0.3, 0.4) is 0 Å². The van der Waals surface area contributed by atoms with Gasteiger partial charge in [-0.3, -0.25) is 4.79 Å². The van der Waals surface area contributed by atoms with Crippen LogP contribution in [-0.2, 0) is 14.3 Å². The van der Waals surface area contributed by atoms with Crippen molar-refractivity contribution in [3.05, 3.63) is 0 Å². The minimum atomic E-state index is -0.0486. The van der Waals surface area contributed by atoms with Gasteiger partial charge in [0, 0.05) is 12.5 Å². The molecule has 0 aromatic carbocycles. The van der Waals surface area contributed by atoms with Gasteiger partial charge >= 0.3 is 5.97 Å². The molecule has 1 unspecified atom stereocenters. The first-order valence-corrected chi connectivity index (χ1v) is 5.64. The van der Waals surface area contributed by atoms with Gasteiger partial charge in [0.2, 0.25) is 0 Å². The summed E-state index contributed by atoms with van der Waals surface area (Å²) in [6, 6.07) is 0. The number of hydrogen-bond donors (Lipinski definition) is 0. The van der Waals surface area contributed by atoms with Crippen LogP contribution in [0.25, 0.3) is 0 Å². The van der Waals surface area contributed by atoms with Crippen molar-refractivity contribution >= 4 is 12.3 Å². The first-order valence-electron chi connectivity index (χ1n) is 5.64. The van der Waals surface area contributed by atoms with Gasteiger partial charge in [0.05, 0.1) is 12.5 Å². The van der Waals surface area contributed by atoms with Crippen molar-refractivity contribution < 1.29 is 14.3 Å². The minimum Gasteiger partial charge on any atom is -0.465 e. The van der Waals surface area contributed by atoms with Gasteiger partial charge in [0.25, 0.3) is 0 Å². The van der Waals surface area contributed by atoms with Crippen molar-refractivity contribution in [3.63, 3.8) is 0 Å². The number of carbonyl (C=O) groups is 2. The summed E-state index contributed by atoms with van der Waals surface area (Å²) >= 11 is 0. The topological polar surface area (TPSA) is 46.6 Å². The molecule has 0 aromatic rings. The van der Waals surface area contributed by atoms with Gasteiger partial charge in [-0.1, -0.05) is 0 Å². The van der Waals surface area contributed by atoms with Gasteiger partial charge in [0.15, 0.2) is 0 Å². The van der Waals surface area contributed by atoms with Crippen molar-refractivity contribution in [3.8, 4) is 0 Å². The number of likely N-dealkylation sites (tertiary alicyclic amines) is 1. The molecule has 2 saturated heterocycles. The normalized spacial score (nSPS) is 29.1. The largest absolute Gasteiger partial charge is 0.465 e. The average molecular weight is 211 g/mol. The molecule has 2 aliphatic heterocycles. The van der Waals surface area contributed by atoms with Gasteiger partial charge in [0.1, 0.15) is 6.29 Å². The highest BCUT2D eigenvalue weighted by Crippen LogP contribution is 2.20. The molecule has 0 radical (unpaired) electrons. The van der Waals surface area contributed by atoms with E-state index in [1.54, 1.807) is 0 Å². The number of cyclic esters (lactones) is 1. The zero-order valence-electron chi connectivity index (χ0n) is 8.85. The van der Waals surface area contributed by atoms with E-state index in [0.717, 1.165) is 45.2 Å². The van der Waals surface area contributed by atoms with Crippen LogP contribution < -0.4 is 0 Å². The molecule has 0 N–H and O–H groups in total. The van der Waals surface area contributed by atoms with E-state index >= 15 is 0 Å². The van der Waals surface area contributed by atoms with E-state index in [1.807, 2.05) is 0 Å². The Morgan fingerprint density at radius 3 is 2.60 bits per heavy atom. The lowest BCUT2D eigenvalue weighted by atomic mass is 9.97. The Balaban J connectivity index is 1.76. The number of esters is 1. The Bertz CT molecular complexity index is 246. The molecule has 0 spiro atoms. The fourth-order valence-electron chi connectivity index (χ4n) is 2.29. The highest BCUT2D eigenvalue weighted by atomic mass is 16.5. The molecule has 4 nitrogen and oxygen atoms in total.